The Morgan fingerprint density at radius 2 is 2.05 bits per heavy atom. The van der Waals surface area contributed by atoms with Crippen LogP contribution in [0.2, 0.25) is 0 Å². The summed E-state index contributed by atoms with van der Waals surface area (Å²) in [6.45, 7) is 9.23. The standard InChI is InChI=1S/C15H22N2O4/c1-5-10(3)9-16(6-2)13-7-12(15(18)19)8-14(11(13)4)17(20)21/h7-8,10H,5-6,9H2,1-4H3,(H,18,19). The lowest BCUT2D eigenvalue weighted by atomic mass is 10.0. The number of rotatable bonds is 7. The number of hydrogen-bond donors (Lipinski definition) is 1. The van der Waals surface area contributed by atoms with Gasteiger partial charge >= 0.3 is 5.97 Å². The van der Waals surface area contributed by atoms with Crippen molar-refractivity contribution < 1.29 is 14.8 Å². The number of benzene rings is 1. The number of anilines is 1. The highest BCUT2D eigenvalue weighted by Crippen LogP contribution is 2.31. The number of aromatic carboxylic acids is 1. The molecule has 116 valence electrons. The van der Waals surface area contributed by atoms with Crippen molar-refractivity contribution >= 4 is 17.3 Å². The molecule has 0 aliphatic heterocycles. The molecule has 6 nitrogen and oxygen atoms in total. The largest absolute Gasteiger partial charge is 0.478 e. The Labute approximate surface area is 124 Å². The van der Waals surface area contributed by atoms with Crippen molar-refractivity contribution in [2.45, 2.75) is 34.1 Å². The van der Waals surface area contributed by atoms with E-state index in [1.165, 1.54) is 6.07 Å². The third-order valence-corrected chi connectivity index (χ3v) is 3.75. The molecule has 21 heavy (non-hydrogen) atoms. The van der Waals surface area contributed by atoms with Crippen molar-refractivity contribution in [1.82, 2.24) is 0 Å². The van der Waals surface area contributed by atoms with E-state index in [1.54, 1.807) is 6.92 Å². The van der Waals surface area contributed by atoms with E-state index >= 15 is 0 Å². The molecule has 0 saturated carbocycles. The molecule has 6 heteroatoms. The van der Waals surface area contributed by atoms with E-state index < -0.39 is 10.9 Å². The molecule has 0 fully saturated rings. The number of carboxylic acid groups (broad SMARTS) is 1. The SMILES string of the molecule is CCC(C)CN(CC)c1cc(C(=O)O)cc([N+](=O)[O-])c1C. The van der Waals surface area contributed by atoms with E-state index in [-0.39, 0.29) is 11.3 Å². The van der Waals surface area contributed by atoms with E-state index in [9.17, 15) is 14.9 Å². The van der Waals surface area contributed by atoms with Crippen LogP contribution in [-0.4, -0.2) is 29.1 Å². The van der Waals surface area contributed by atoms with Gasteiger partial charge in [-0.25, -0.2) is 4.79 Å². The molecule has 0 amide bonds. The van der Waals surface area contributed by atoms with Crippen molar-refractivity contribution in [3.63, 3.8) is 0 Å². The quantitative estimate of drug-likeness (QED) is 0.615. The molecule has 0 saturated heterocycles. The highest BCUT2D eigenvalue weighted by Gasteiger charge is 2.22. The minimum Gasteiger partial charge on any atom is -0.478 e. The van der Waals surface area contributed by atoms with Gasteiger partial charge in [-0.05, 0) is 25.8 Å². The number of carbonyl (C=O) groups is 1. The van der Waals surface area contributed by atoms with Crippen molar-refractivity contribution in [3.05, 3.63) is 33.4 Å². The molecule has 0 aliphatic rings. The summed E-state index contributed by atoms with van der Waals surface area (Å²) in [4.78, 5) is 23.8. The van der Waals surface area contributed by atoms with E-state index in [0.717, 1.165) is 19.0 Å². The molecule has 1 aromatic carbocycles. The van der Waals surface area contributed by atoms with E-state index in [1.807, 2.05) is 11.8 Å². The molecule has 1 atom stereocenters. The Morgan fingerprint density at radius 3 is 2.48 bits per heavy atom. The maximum Gasteiger partial charge on any atom is 0.336 e. The van der Waals surface area contributed by atoms with Gasteiger partial charge in [0.15, 0.2) is 0 Å². The smallest absolute Gasteiger partial charge is 0.336 e. The summed E-state index contributed by atoms with van der Waals surface area (Å²) in [5.41, 5.74) is 0.942. The lowest BCUT2D eigenvalue weighted by molar-refractivity contribution is -0.385. The summed E-state index contributed by atoms with van der Waals surface area (Å²) in [6, 6.07) is 2.65. The van der Waals surface area contributed by atoms with Gasteiger partial charge in [0.1, 0.15) is 0 Å². The van der Waals surface area contributed by atoms with Crippen molar-refractivity contribution in [2.75, 3.05) is 18.0 Å². The monoisotopic (exact) mass is 294 g/mol. The molecule has 0 radical (unpaired) electrons. The fraction of sp³-hybridized carbons (Fsp3) is 0.533. The molecule has 0 spiro atoms. The second kappa shape index (κ2) is 7.06. The van der Waals surface area contributed by atoms with Crippen LogP contribution in [0.4, 0.5) is 11.4 Å². The van der Waals surface area contributed by atoms with Gasteiger partial charge < -0.3 is 10.0 Å². The zero-order valence-electron chi connectivity index (χ0n) is 12.9. The predicted molar refractivity (Wildman–Crippen MR) is 82.1 cm³/mol. The number of carboxylic acids is 1. The minimum absolute atomic E-state index is 0.0510. The maximum absolute atomic E-state index is 11.2. The Balaban J connectivity index is 3.37. The molecule has 0 aromatic heterocycles. The van der Waals surface area contributed by atoms with Crippen molar-refractivity contribution in [1.29, 1.82) is 0 Å². The fourth-order valence-electron chi connectivity index (χ4n) is 2.23. The van der Waals surface area contributed by atoms with Gasteiger partial charge in [0.25, 0.3) is 5.69 Å². The van der Waals surface area contributed by atoms with E-state index in [2.05, 4.69) is 13.8 Å². The lowest BCUT2D eigenvalue weighted by Gasteiger charge is -2.27. The Kier molecular flexibility index (Phi) is 5.69. The van der Waals surface area contributed by atoms with Crippen LogP contribution < -0.4 is 4.90 Å². The molecular formula is C15H22N2O4. The van der Waals surface area contributed by atoms with E-state index in [0.29, 0.717) is 23.7 Å². The van der Waals surface area contributed by atoms with Crippen LogP contribution in [0.5, 0.6) is 0 Å². The van der Waals surface area contributed by atoms with Crippen LogP contribution in [0.15, 0.2) is 12.1 Å². The predicted octanol–water partition coefficient (Wildman–Crippen LogP) is 3.47. The molecule has 1 aromatic rings. The topological polar surface area (TPSA) is 83.7 Å². The van der Waals surface area contributed by atoms with Crippen LogP contribution in [0.1, 0.15) is 43.1 Å². The molecule has 1 rings (SSSR count). The van der Waals surface area contributed by atoms with E-state index in [4.69, 9.17) is 5.11 Å². The van der Waals surface area contributed by atoms with Gasteiger partial charge in [-0.15, -0.1) is 0 Å². The average Bonchev–Trinajstić information content (AvgIpc) is 2.44. The molecule has 0 bridgehead atoms. The third-order valence-electron chi connectivity index (χ3n) is 3.75. The summed E-state index contributed by atoms with van der Waals surface area (Å²) in [5, 5.41) is 20.3. The molecule has 0 aliphatic carbocycles. The Hall–Kier alpha value is -2.11. The average molecular weight is 294 g/mol. The van der Waals surface area contributed by atoms with Crippen LogP contribution in [0, 0.1) is 23.0 Å². The lowest BCUT2D eigenvalue weighted by Crippen LogP contribution is -2.29. The zero-order valence-corrected chi connectivity index (χ0v) is 12.9. The number of hydrogen-bond acceptors (Lipinski definition) is 4. The van der Waals surface area contributed by atoms with Crippen LogP contribution in [0.3, 0.4) is 0 Å². The number of nitro benzene ring substituents is 1. The molecule has 1 unspecified atom stereocenters. The molecule has 0 heterocycles. The Morgan fingerprint density at radius 1 is 1.43 bits per heavy atom. The van der Waals surface area contributed by atoms with Gasteiger partial charge in [-0.2, -0.15) is 0 Å². The minimum atomic E-state index is -1.15. The van der Waals surface area contributed by atoms with Crippen LogP contribution >= 0.6 is 0 Å². The number of nitro groups is 1. The highest BCUT2D eigenvalue weighted by molar-refractivity contribution is 5.90. The zero-order chi connectivity index (χ0) is 16.2. The fourth-order valence-corrected chi connectivity index (χ4v) is 2.23. The summed E-state index contributed by atoms with van der Waals surface area (Å²) in [7, 11) is 0. The first-order chi connectivity index (χ1) is 9.81. The van der Waals surface area contributed by atoms with Gasteiger partial charge in [-0.1, -0.05) is 20.3 Å². The first kappa shape index (κ1) is 16.9. The van der Waals surface area contributed by atoms with Crippen molar-refractivity contribution in [2.24, 2.45) is 5.92 Å². The maximum atomic E-state index is 11.2. The van der Waals surface area contributed by atoms with Gasteiger partial charge in [0.2, 0.25) is 0 Å². The second-order valence-corrected chi connectivity index (χ2v) is 5.25. The summed E-state index contributed by atoms with van der Waals surface area (Å²) in [6.07, 6.45) is 0.996. The van der Waals surface area contributed by atoms with Gasteiger partial charge in [0.05, 0.1) is 16.1 Å². The van der Waals surface area contributed by atoms with Crippen LogP contribution in [-0.2, 0) is 0 Å². The summed E-state index contributed by atoms with van der Waals surface area (Å²) < 4.78 is 0. The second-order valence-electron chi connectivity index (χ2n) is 5.25. The first-order valence-electron chi connectivity index (χ1n) is 7.09. The van der Waals surface area contributed by atoms with Gasteiger partial charge in [-0.3, -0.25) is 10.1 Å². The highest BCUT2D eigenvalue weighted by atomic mass is 16.6. The Bertz CT molecular complexity index is 543. The van der Waals surface area contributed by atoms with Crippen LogP contribution in [0.25, 0.3) is 0 Å². The van der Waals surface area contributed by atoms with Crippen molar-refractivity contribution in [3.8, 4) is 0 Å². The van der Waals surface area contributed by atoms with Gasteiger partial charge in [0, 0.05) is 24.8 Å². The summed E-state index contributed by atoms with van der Waals surface area (Å²) in [5.74, 6) is -0.726. The number of nitrogens with zero attached hydrogens (tertiary/aromatic N) is 2. The third kappa shape index (κ3) is 3.93. The summed E-state index contributed by atoms with van der Waals surface area (Å²) >= 11 is 0. The first-order valence-corrected chi connectivity index (χ1v) is 7.09. The molecule has 1 N–H and O–H groups in total. The molecular weight excluding hydrogens is 272 g/mol. The normalized spacial score (nSPS) is 12.0.